The van der Waals surface area contributed by atoms with Crippen LogP contribution in [0.25, 0.3) is 79.0 Å². The van der Waals surface area contributed by atoms with E-state index in [0.717, 1.165) is 21.8 Å². The zero-order chi connectivity index (χ0) is 27.1. The fraction of sp³-hybridized carbons (Fsp3) is 0. The molecule has 0 saturated heterocycles. The summed E-state index contributed by atoms with van der Waals surface area (Å²) < 4.78 is 7.58. The summed E-state index contributed by atoms with van der Waals surface area (Å²) >= 11 is 3.72. The Balaban J connectivity index is 1.34. The number of hydrogen-bond acceptors (Lipinski definition) is 3. The second-order valence-corrected chi connectivity index (χ2v) is 12.6. The lowest BCUT2D eigenvalue weighted by Crippen LogP contribution is -1.93. The zero-order valence-electron chi connectivity index (χ0n) is 21.8. The standard InChI is InChI=1S/C37H20N2S2/c38-21-22-15-17-31-28(19-22)25-7-1-3-11-30(25)39(31)32-12-5-10-27-36-24(9-6-14-35(36)41-37(27)32)23-16-18-34-29(20-23)26-8-2-4-13-33(26)40-34/h1-20H. The van der Waals surface area contributed by atoms with Gasteiger partial charge in [-0.2, -0.15) is 5.26 Å². The van der Waals surface area contributed by atoms with Gasteiger partial charge in [-0.3, -0.25) is 0 Å². The SMILES string of the molecule is N#Cc1ccc2c(c1)c1ccccc1n2-c1cccc2c1sc1cccc(-c3ccc4sc5ccccc5c4c3)c12. The van der Waals surface area contributed by atoms with E-state index in [0.29, 0.717) is 5.56 Å². The molecule has 0 aliphatic rings. The molecule has 3 aromatic heterocycles. The third-order valence-corrected chi connectivity index (χ3v) is 10.6. The predicted molar refractivity (Wildman–Crippen MR) is 177 cm³/mol. The highest BCUT2D eigenvalue weighted by molar-refractivity contribution is 7.26. The number of aromatic nitrogens is 1. The Bertz CT molecular complexity index is 2550. The van der Waals surface area contributed by atoms with Gasteiger partial charge >= 0.3 is 0 Å². The lowest BCUT2D eigenvalue weighted by Gasteiger charge is -2.10. The molecule has 0 unspecified atom stereocenters. The molecule has 0 atom stereocenters. The van der Waals surface area contributed by atoms with Crippen LogP contribution in [0.2, 0.25) is 0 Å². The first-order valence-corrected chi connectivity index (χ1v) is 15.2. The van der Waals surface area contributed by atoms with Gasteiger partial charge in [0.15, 0.2) is 0 Å². The van der Waals surface area contributed by atoms with Crippen molar-refractivity contribution < 1.29 is 0 Å². The quantitative estimate of drug-likeness (QED) is 0.208. The molecule has 0 aliphatic heterocycles. The van der Waals surface area contributed by atoms with E-state index in [1.165, 1.54) is 57.2 Å². The van der Waals surface area contributed by atoms with Crippen LogP contribution in [0.3, 0.4) is 0 Å². The molecule has 9 rings (SSSR count). The maximum absolute atomic E-state index is 9.58. The van der Waals surface area contributed by atoms with Crippen molar-refractivity contribution >= 4 is 84.8 Å². The molecular formula is C37H20N2S2. The van der Waals surface area contributed by atoms with E-state index in [2.05, 4.69) is 120 Å². The number of para-hydroxylation sites is 1. The van der Waals surface area contributed by atoms with Gasteiger partial charge in [0, 0.05) is 46.4 Å². The Morgan fingerprint density at radius 3 is 2.22 bits per heavy atom. The molecule has 41 heavy (non-hydrogen) atoms. The van der Waals surface area contributed by atoms with Crippen LogP contribution in [0.15, 0.2) is 121 Å². The smallest absolute Gasteiger partial charge is 0.0991 e. The molecule has 0 spiro atoms. The first kappa shape index (κ1) is 22.8. The number of hydrogen-bond donors (Lipinski definition) is 0. The third-order valence-electron chi connectivity index (χ3n) is 8.23. The Hall–Kier alpha value is -4.95. The number of nitriles is 1. The molecule has 2 nitrogen and oxygen atoms in total. The van der Waals surface area contributed by atoms with Crippen molar-refractivity contribution in [3.05, 3.63) is 127 Å². The van der Waals surface area contributed by atoms with Crippen LogP contribution in [-0.2, 0) is 0 Å². The minimum atomic E-state index is 0.681. The average Bonchev–Trinajstić information content (AvgIpc) is 3.70. The second kappa shape index (κ2) is 8.52. The Kier molecular flexibility index (Phi) is 4.74. The monoisotopic (exact) mass is 556 g/mol. The molecule has 0 bridgehead atoms. The normalized spacial score (nSPS) is 11.9. The van der Waals surface area contributed by atoms with Crippen LogP contribution in [-0.4, -0.2) is 4.57 Å². The summed E-state index contributed by atoms with van der Waals surface area (Å²) in [5.74, 6) is 0. The molecular weight excluding hydrogens is 537 g/mol. The van der Waals surface area contributed by atoms with E-state index in [1.54, 1.807) is 0 Å². The molecule has 6 aromatic carbocycles. The zero-order valence-corrected chi connectivity index (χ0v) is 23.4. The molecule has 0 aliphatic carbocycles. The summed E-state index contributed by atoms with van der Waals surface area (Å²) in [6.45, 7) is 0. The Morgan fingerprint density at radius 2 is 1.29 bits per heavy atom. The fourth-order valence-electron chi connectivity index (χ4n) is 6.45. The first-order valence-electron chi connectivity index (χ1n) is 13.6. The van der Waals surface area contributed by atoms with Gasteiger partial charge in [0.25, 0.3) is 0 Å². The maximum atomic E-state index is 9.58. The van der Waals surface area contributed by atoms with Crippen LogP contribution in [0, 0.1) is 11.3 Å². The highest BCUT2D eigenvalue weighted by Gasteiger charge is 2.18. The predicted octanol–water partition coefficient (Wildman–Crippen LogP) is 11.1. The number of fused-ring (bicyclic) bond motifs is 9. The summed E-state index contributed by atoms with van der Waals surface area (Å²) in [5.41, 5.74) is 6.63. The summed E-state index contributed by atoms with van der Waals surface area (Å²) in [6.07, 6.45) is 0. The van der Waals surface area contributed by atoms with Crippen molar-refractivity contribution in [3.63, 3.8) is 0 Å². The summed E-state index contributed by atoms with van der Waals surface area (Å²) in [5, 5.41) is 17.1. The van der Waals surface area contributed by atoms with Gasteiger partial charge in [-0.05, 0) is 65.7 Å². The Morgan fingerprint density at radius 1 is 0.537 bits per heavy atom. The summed E-state index contributed by atoms with van der Waals surface area (Å²) in [4.78, 5) is 0. The minimum absolute atomic E-state index is 0.681. The fourth-order valence-corrected chi connectivity index (χ4v) is 8.76. The lowest BCUT2D eigenvalue weighted by atomic mass is 9.98. The van der Waals surface area contributed by atoms with Crippen molar-refractivity contribution in [1.29, 1.82) is 5.26 Å². The topological polar surface area (TPSA) is 28.7 Å². The molecule has 0 saturated carbocycles. The van der Waals surface area contributed by atoms with Crippen molar-refractivity contribution in [2.24, 2.45) is 0 Å². The van der Waals surface area contributed by atoms with Gasteiger partial charge < -0.3 is 4.57 Å². The first-order chi connectivity index (χ1) is 20.3. The molecule has 3 heterocycles. The van der Waals surface area contributed by atoms with Crippen LogP contribution < -0.4 is 0 Å². The largest absolute Gasteiger partial charge is 0.308 e. The number of thiophene rings is 2. The molecule has 9 aromatic rings. The van der Waals surface area contributed by atoms with Crippen LogP contribution in [0.1, 0.15) is 5.56 Å². The van der Waals surface area contributed by atoms with Gasteiger partial charge in [0.05, 0.1) is 33.1 Å². The second-order valence-electron chi connectivity index (χ2n) is 10.4. The average molecular weight is 557 g/mol. The van der Waals surface area contributed by atoms with Gasteiger partial charge in [0.1, 0.15) is 0 Å². The highest BCUT2D eigenvalue weighted by atomic mass is 32.1. The highest BCUT2D eigenvalue weighted by Crippen LogP contribution is 2.45. The minimum Gasteiger partial charge on any atom is -0.308 e. The summed E-state index contributed by atoms with van der Waals surface area (Å²) in [6, 6.07) is 45.8. The molecule has 0 amide bonds. The van der Waals surface area contributed by atoms with E-state index in [1.807, 2.05) is 34.8 Å². The molecule has 190 valence electrons. The summed E-state index contributed by atoms with van der Waals surface area (Å²) in [7, 11) is 0. The van der Waals surface area contributed by atoms with Gasteiger partial charge in [-0.15, -0.1) is 22.7 Å². The number of rotatable bonds is 2. The van der Waals surface area contributed by atoms with E-state index in [4.69, 9.17) is 0 Å². The molecule has 0 fully saturated rings. The van der Waals surface area contributed by atoms with Gasteiger partial charge in [-0.1, -0.05) is 66.7 Å². The van der Waals surface area contributed by atoms with E-state index in [-0.39, 0.29) is 0 Å². The molecule has 4 heteroatoms. The van der Waals surface area contributed by atoms with Crippen molar-refractivity contribution in [2.45, 2.75) is 0 Å². The third kappa shape index (κ3) is 3.22. The van der Waals surface area contributed by atoms with E-state index < -0.39 is 0 Å². The van der Waals surface area contributed by atoms with Crippen molar-refractivity contribution in [3.8, 4) is 22.9 Å². The molecule has 0 N–H and O–H groups in total. The van der Waals surface area contributed by atoms with Crippen LogP contribution >= 0.6 is 22.7 Å². The van der Waals surface area contributed by atoms with Crippen molar-refractivity contribution in [1.82, 2.24) is 4.57 Å². The lowest BCUT2D eigenvalue weighted by molar-refractivity contribution is 1.20. The Labute approximate surface area is 243 Å². The molecule has 0 radical (unpaired) electrons. The van der Waals surface area contributed by atoms with Gasteiger partial charge in [-0.25, -0.2) is 0 Å². The van der Waals surface area contributed by atoms with Gasteiger partial charge in [0.2, 0.25) is 0 Å². The van der Waals surface area contributed by atoms with Crippen LogP contribution in [0.5, 0.6) is 0 Å². The maximum Gasteiger partial charge on any atom is 0.0991 e. The van der Waals surface area contributed by atoms with E-state index in [9.17, 15) is 5.26 Å². The van der Waals surface area contributed by atoms with Crippen LogP contribution in [0.4, 0.5) is 0 Å². The van der Waals surface area contributed by atoms with Crippen molar-refractivity contribution in [2.75, 3.05) is 0 Å². The number of nitrogens with zero attached hydrogens (tertiary/aromatic N) is 2. The van der Waals surface area contributed by atoms with E-state index >= 15 is 0 Å². The number of benzene rings is 6.